The molecule has 6 nitrogen and oxygen atoms in total. The van der Waals surface area contributed by atoms with Gasteiger partial charge in [0.2, 0.25) is 0 Å². The van der Waals surface area contributed by atoms with Crippen molar-refractivity contribution < 1.29 is 14.6 Å². The Hall–Kier alpha value is -0.800. The van der Waals surface area contributed by atoms with Crippen molar-refractivity contribution in [3.63, 3.8) is 0 Å². The fourth-order valence-corrected chi connectivity index (χ4v) is 3.61. The van der Waals surface area contributed by atoms with E-state index in [2.05, 4.69) is 22.5 Å². The van der Waals surface area contributed by atoms with Crippen LogP contribution in [0.25, 0.3) is 0 Å². The predicted octanol–water partition coefficient (Wildman–Crippen LogP) is 2.83. The molecule has 3 atom stereocenters. The smallest absolute Gasteiger partial charge is 0.191 e. The minimum Gasteiger partial charge on any atom is -0.466 e. The van der Waals surface area contributed by atoms with E-state index in [0.29, 0.717) is 19.0 Å². The minimum absolute atomic E-state index is 0. The molecule has 26 heavy (non-hydrogen) atoms. The average Bonchev–Trinajstić information content (AvgIpc) is 2.90. The summed E-state index contributed by atoms with van der Waals surface area (Å²) >= 11 is 0. The Morgan fingerprint density at radius 1 is 1.38 bits per heavy atom. The average molecular weight is 479 g/mol. The van der Waals surface area contributed by atoms with Crippen LogP contribution in [0.2, 0.25) is 0 Å². The zero-order valence-electron chi connectivity index (χ0n) is 16.6. The van der Waals surface area contributed by atoms with Gasteiger partial charge >= 0.3 is 0 Å². The molecule has 1 aromatic heterocycles. The number of aliphatic hydroxyl groups excluding tert-OH is 1. The molecule has 0 spiro atoms. The van der Waals surface area contributed by atoms with Crippen LogP contribution in [0.15, 0.2) is 15.5 Å². The van der Waals surface area contributed by atoms with Crippen LogP contribution in [0.4, 0.5) is 0 Å². The monoisotopic (exact) mass is 479 g/mol. The highest BCUT2D eigenvalue weighted by Gasteiger charge is 2.35. The van der Waals surface area contributed by atoms with Crippen molar-refractivity contribution in [3.8, 4) is 0 Å². The number of guanidine groups is 1. The fourth-order valence-electron chi connectivity index (χ4n) is 3.61. The van der Waals surface area contributed by atoms with E-state index in [4.69, 9.17) is 4.42 Å². The first-order valence-electron chi connectivity index (χ1n) is 9.10. The molecule has 1 aliphatic rings. The van der Waals surface area contributed by atoms with Gasteiger partial charge in [-0.05, 0) is 39.7 Å². The molecule has 0 aliphatic heterocycles. The highest BCUT2D eigenvalue weighted by molar-refractivity contribution is 14.0. The number of aliphatic imine (C=N–C) groups is 1. The molecule has 150 valence electrons. The summed E-state index contributed by atoms with van der Waals surface area (Å²) in [6.45, 7) is 8.57. The molecular formula is C19H34IN3O3. The largest absolute Gasteiger partial charge is 0.466 e. The van der Waals surface area contributed by atoms with E-state index < -0.39 is 5.60 Å². The minimum atomic E-state index is -1.06. The summed E-state index contributed by atoms with van der Waals surface area (Å²) < 4.78 is 5.52. The lowest BCUT2D eigenvalue weighted by atomic mass is 9.73. The third kappa shape index (κ3) is 5.60. The van der Waals surface area contributed by atoms with Crippen LogP contribution in [-0.4, -0.2) is 42.4 Å². The molecule has 1 heterocycles. The summed E-state index contributed by atoms with van der Waals surface area (Å²) in [4.78, 5) is 4.23. The van der Waals surface area contributed by atoms with Crippen molar-refractivity contribution in [2.45, 2.75) is 65.1 Å². The Morgan fingerprint density at radius 3 is 2.62 bits per heavy atom. The van der Waals surface area contributed by atoms with Crippen molar-refractivity contribution in [1.82, 2.24) is 10.6 Å². The van der Waals surface area contributed by atoms with Crippen LogP contribution >= 0.6 is 24.0 Å². The maximum absolute atomic E-state index is 10.8. The molecule has 1 aromatic rings. The molecule has 0 saturated heterocycles. The van der Waals surface area contributed by atoms with Crippen LogP contribution in [-0.2, 0) is 5.60 Å². The van der Waals surface area contributed by atoms with Crippen LogP contribution in [0, 0.1) is 19.3 Å². The highest BCUT2D eigenvalue weighted by Crippen LogP contribution is 2.35. The molecule has 0 bridgehead atoms. The van der Waals surface area contributed by atoms with Crippen molar-refractivity contribution in [2.24, 2.45) is 10.4 Å². The lowest BCUT2D eigenvalue weighted by Crippen LogP contribution is -2.50. The summed E-state index contributed by atoms with van der Waals surface area (Å²) in [6, 6.07) is 1.87. The van der Waals surface area contributed by atoms with E-state index in [9.17, 15) is 10.2 Å². The first kappa shape index (κ1) is 23.2. The van der Waals surface area contributed by atoms with Gasteiger partial charge in [-0.25, -0.2) is 0 Å². The standard InChI is InChI=1S/C19H33N3O3.HI/c1-13-10-15(14(2)25-13)19(4,24)12-22-17(20-5)21-11-18(3)9-7-6-8-16(18)23;/h10,16,23-24H,6-9,11-12H2,1-5H3,(H2,20,21,22);1H. The lowest BCUT2D eigenvalue weighted by molar-refractivity contribution is 0.00384. The van der Waals surface area contributed by atoms with Crippen molar-refractivity contribution in [1.29, 1.82) is 0 Å². The quantitative estimate of drug-likeness (QED) is 0.296. The van der Waals surface area contributed by atoms with Gasteiger partial charge in [0.1, 0.15) is 17.1 Å². The Kier molecular flexibility index (Phi) is 8.41. The van der Waals surface area contributed by atoms with E-state index in [-0.39, 0.29) is 35.5 Å². The Bertz CT molecular complexity index is 615. The SMILES string of the molecule is CN=C(NCC(C)(O)c1cc(C)oc1C)NCC1(C)CCCCC1O.I. The third-order valence-corrected chi connectivity index (χ3v) is 5.38. The zero-order chi connectivity index (χ0) is 18.7. The summed E-state index contributed by atoms with van der Waals surface area (Å²) in [7, 11) is 1.71. The van der Waals surface area contributed by atoms with Gasteiger partial charge in [-0.2, -0.15) is 0 Å². The summed E-state index contributed by atoms with van der Waals surface area (Å²) in [5, 5.41) is 27.6. The molecule has 0 radical (unpaired) electrons. The van der Waals surface area contributed by atoms with Crippen molar-refractivity contribution in [2.75, 3.05) is 20.1 Å². The molecule has 0 aromatic carbocycles. The van der Waals surface area contributed by atoms with Crippen LogP contribution in [0.5, 0.6) is 0 Å². The second-order valence-electron chi connectivity index (χ2n) is 7.80. The first-order chi connectivity index (χ1) is 11.7. The van der Waals surface area contributed by atoms with Crippen molar-refractivity contribution >= 4 is 29.9 Å². The number of hydrogen-bond acceptors (Lipinski definition) is 4. The molecule has 3 unspecified atom stereocenters. The summed E-state index contributed by atoms with van der Waals surface area (Å²) in [5.74, 6) is 2.14. The maximum atomic E-state index is 10.8. The normalized spacial score (nSPS) is 26.0. The van der Waals surface area contributed by atoms with Gasteiger partial charge in [0.15, 0.2) is 5.96 Å². The number of furan rings is 1. The van der Waals surface area contributed by atoms with Gasteiger partial charge in [-0.3, -0.25) is 4.99 Å². The topological polar surface area (TPSA) is 90.0 Å². The first-order valence-corrected chi connectivity index (χ1v) is 9.10. The van der Waals surface area contributed by atoms with E-state index in [0.717, 1.165) is 42.8 Å². The number of rotatable bonds is 5. The molecule has 1 aliphatic carbocycles. The molecule has 1 fully saturated rings. The van der Waals surface area contributed by atoms with E-state index >= 15 is 0 Å². The third-order valence-electron chi connectivity index (χ3n) is 5.38. The molecule has 4 N–H and O–H groups in total. The zero-order valence-corrected chi connectivity index (χ0v) is 18.9. The van der Waals surface area contributed by atoms with Gasteiger partial charge < -0.3 is 25.3 Å². The number of halogens is 1. The Morgan fingerprint density at radius 2 is 2.08 bits per heavy atom. The van der Waals surface area contributed by atoms with Gasteiger partial charge in [0.25, 0.3) is 0 Å². The number of hydrogen-bond donors (Lipinski definition) is 4. The van der Waals surface area contributed by atoms with E-state index in [1.54, 1.807) is 14.0 Å². The highest BCUT2D eigenvalue weighted by atomic mass is 127. The maximum Gasteiger partial charge on any atom is 0.191 e. The second kappa shape index (κ2) is 9.41. The van der Waals surface area contributed by atoms with E-state index in [1.165, 1.54) is 0 Å². The van der Waals surface area contributed by atoms with Crippen LogP contribution in [0.3, 0.4) is 0 Å². The van der Waals surface area contributed by atoms with Gasteiger partial charge in [-0.1, -0.05) is 19.8 Å². The summed E-state index contributed by atoms with van der Waals surface area (Å²) in [6.07, 6.45) is 3.82. The van der Waals surface area contributed by atoms with Gasteiger partial charge in [-0.15, -0.1) is 24.0 Å². The molecule has 2 rings (SSSR count). The van der Waals surface area contributed by atoms with E-state index in [1.807, 2.05) is 19.9 Å². The molecule has 7 heteroatoms. The number of nitrogens with one attached hydrogen (secondary N) is 2. The predicted molar refractivity (Wildman–Crippen MR) is 115 cm³/mol. The number of aliphatic hydroxyl groups is 2. The van der Waals surface area contributed by atoms with Gasteiger partial charge in [0, 0.05) is 24.6 Å². The summed E-state index contributed by atoms with van der Waals surface area (Å²) in [5.41, 5.74) is -0.424. The van der Waals surface area contributed by atoms with Crippen molar-refractivity contribution in [3.05, 3.63) is 23.2 Å². The molecular weight excluding hydrogens is 445 g/mol. The lowest BCUT2D eigenvalue weighted by Gasteiger charge is -2.39. The number of aryl methyl sites for hydroxylation is 2. The van der Waals surface area contributed by atoms with Crippen LogP contribution < -0.4 is 10.6 Å². The second-order valence-corrected chi connectivity index (χ2v) is 7.80. The Labute approximate surface area is 173 Å². The Balaban J connectivity index is 0.00000338. The molecule has 0 amide bonds. The van der Waals surface area contributed by atoms with Gasteiger partial charge in [0.05, 0.1) is 12.6 Å². The number of nitrogens with zero attached hydrogens (tertiary/aromatic N) is 1. The fraction of sp³-hybridized carbons (Fsp3) is 0.737. The molecule has 1 saturated carbocycles. The van der Waals surface area contributed by atoms with Crippen LogP contribution in [0.1, 0.15) is 56.6 Å².